The van der Waals surface area contributed by atoms with Crippen LogP contribution in [-0.2, 0) is 19.1 Å². The predicted octanol–water partition coefficient (Wildman–Crippen LogP) is 8.00. The summed E-state index contributed by atoms with van der Waals surface area (Å²) in [5.41, 5.74) is 11.1. The average molecular weight is 856 g/mol. The number of nitrogens with one attached hydrogen (secondary N) is 5. The molecule has 6 heterocycles. The Kier molecular flexibility index (Phi) is 11.7. The van der Waals surface area contributed by atoms with Crippen molar-refractivity contribution in [3.63, 3.8) is 0 Å². The van der Waals surface area contributed by atoms with E-state index in [2.05, 4.69) is 87.4 Å². The van der Waals surface area contributed by atoms with Crippen LogP contribution >= 0.6 is 0 Å². The number of hydrogen-bond donors (Lipinski definition) is 5. The third kappa shape index (κ3) is 8.14. The summed E-state index contributed by atoms with van der Waals surface area (Å²) < 4.78 is 9.45. The van der Waals surface area contributed by atoms with Crippen molar-refractivity contribution in [2.45, 2.75) is 108 Å². The first-order valence-electron chi connectivity index (χ1n) is 22.4. The fraction of sp³-hybridized carbons (Fsp3) is 0.458. The molecule has 4 amide bonds. The summed E-state index contributed by atoms with van der Waals surface area (Å²) in [6, 6.07) is 18.3. The second-order valence-electron chi connectivity index (χ2n) is 17.8. The summed E-state index contributed by atoms with van der Waals surface area (Å²) in [6.07, 6.45) is 8.05. The molecule has 2 aromatic heterocycles. The van der Waals surface area contributed by atoms with Crippen molar-refractivity contribution in [1.82, 2.24) is 45.7 Å². The number of hydrogen-bond acceptors (Lipinski definition) is 9. The van der Waals surface area contributed by atoms with E-state index in [1.807, 2.05) is 16.0 Å². The van der Waals surface area contributed by atoms with Gasteiger partial charge in [-0.3, -0.25) is 9.59 Å². The summed E-state index contributed by atoms with van der Waals surface area (Å²) in [7, 11) is 2.58. The van der Waals surface area contributed by atoms with Gasteiger partial charge in [-0.1, -0.05) is 49.4 Å². The minimum absolute atomic E-state index is 0.154. The quantitative estimate of drug-likeness (QED) is 0.0980. The smallest absolute Gasteiger partial charge is 0.407 e. The van der Waals surface area contributed by atoms with Crippen LogP contribution in [0.4, 0.5) is 9.59 Å². The molecule has 15 heteroatoms. The number of benzene rings is 3. The second kappa shape index (κ2) is 17.5. The standard InChI is InChI=1S/C48H57N9O6/c1-26-22-36-41-32(29-12-14-30(15-13-29)38-25-49-43(55-38)39-10-6-8-20-56(39)45(58)27(2)50-47(60)62-4)17-18-33(42(41)37(23-26)52-36)31-16-19-34-35(24-31)54-44(53-34)40-11-7-9-21-57(40)46(59)28(3)51-48(61)63-5/h12-19,24-28,36-37,39-40,52H,6-11,20-23H2,1-5H3,(H,49,55)(H,50,60)(H,51,61)(H,53,54). The first kappa shape index (κ1) is 42.1. The molecule has 15 nitrogen and oxygen atoms in total. The number of ether oxygens (including phenoxy) is 2. The SMILES string of the molecule is COC(=O)NC(C)C(=O)N1CCCCC1c1ncc(-c2ccc(-c3ccc(-c4ccc5nc(C6CCCCN6C(=O)C(C)NC(=O)OC)[nH]c5c4)c4c3C3CC(C)CC4N3)cc2)[nH]1. The highest BCUT2D eigenvalue weighted by Gasteiger charge is 2.40. The van der Waals surface area contributed by atoms with Gasteiger partial charge in [0.25, 0.3) is 0 Å². The predicted molar refractivity (Wildman–Crippen MR) is 238 cm³/mol. The first-order chi connectivity index (χ1) is 30.5. The number of nitrogens with zero attached hydrogens (tertiary/aromatic N) is 4. The molecule has 9 rings (SSSR count). The van der Waals surface area contributed by atoms with Gasteiger partial charge < -0.3 is 45.2 Å². The Balaban J connectivity index is 0.980. The first-order valence-corrected chi connectivity index (χ1v) is 22.4. The van der Waals surface area contributed by atoms with E-state index in [1.54, 1.807) is 13.8 Å². The monoisotopic (exact) mass is 855 g/mol. The molecule has 7 atom stereocenters. The van der Waals surface area contributed by atoms with E-state index in [9.17, 15) is 19.2 Å². The van der Waals surface area contributed by atoms with Crippen LogP contribution in [0.5, 0.6) is 0 Å². The number of imidazole rings is 2. The van der Waals surface area contributed by atoms with Crippen LogP contribution in [0.25, 0.3) is 44.5 Å². The van der Waals surface area contributed by atoms with Crippen molar-refractivity contribution in [1.29, 1.82) is 0 Å². The Morgan fingerprint density at radius 1 is 0.698 bits per heavy atom. The molecule has 330 valence electrons. The molecule has 0 aliphatic carbocycles. The van der Waals surface area contributed by atoms with Crippen molar-refractivity contribution in [2.24, 2.45) is 5.92 Å². The van der Waals surface area contributed by atoms with Gasteiger partial charge in [0, 0.05) is 25.2 Å². The maximum Gasteiger partial charge on any atom is 0.407 e. The van der Waals surface area contributed by atoms with E-state index in [-0.39, 0.29) is 36.0 Å². The molecule has 63 heavy (non-hydrogen) atoms. The minimum atomic E-state index is -0.718. The molecule has 5 N–H and O–H groups in total. The van der Waals surface area contributed by atoms with Crippen LogP contribution in [0, 0.1) is 5.92 Å². The van der Waals surface area contributed by atoms with Gasteiger partial charge in [-0.25, -0.2) is 19.6 Å². The molecule has 0 spiro atoms. The molecular formula is C48H57N9O6. The van der Waals surface area contributed by atoms with Crippen LogP contribution < -0.4 is 16.0 Å². The lowest BCUT2D eigenvalue weighted by Crippen LogP contribution is -2.49. The Bertz CT molecular complexity index is 2530. The minimum Gasteiger partial charge on any atom is -0.453 e. The number of amides is 4. The topological polar surface area (TPSA) is 187 Å². The number of carbonyl (C=O) groups is 4. The van der Waals surface area contributed by atoms with E-state index in [4.69, 9.17) is 19.4 Å². The van der Waals surface area contributed by atoms with Crippen LogP contribution in [0.3, 0.4) is 0 Å². The van der Waals surface area contributed by atoms with Crippen molar-refractivity contribution >= 4 is 35.0 Å². The lowest BCUT2D eigenvalue weighted by molar-refractivity contribution is -0.137. The number of alkyl carbamates (subject to hydrolysis) is 2. The summed E-state index contributed by atoms with van der Waals surface area (Å²) >= 11 is 0. The van der Waals surface area contributed by atoms with E-state index in [1.165, 1.54) is 36.5 Å². The number of fused-ring (bicyclic) bond motifs is 6. The zero-order valence-corrected chi connectivity index (χ0v) is 36.6. The molecule has 5 aromatic rings. The maximum absolute atomic E-state index is 13.5. The highest BCUT2D eigenvalue weighted by molar-refractivity contribution is 5.88. The van der Waals surface area contributed by atoms with Crippen molar-refractivity contribution in [2.75, 3.05) is 27.3 Å². The molecular weight excluding hydrogens is 799 g/mol. The molecule has 0 saturated carbocycles. The summed E-state index contributed by atoms with van der Waals surface area (Å²) in [5, 5.41) is 9.20. The van der Waals surface area contributed by atoms with Gasteiger partial charge in [0.05, 0.1) is 49.2 Å². The van der Waals surface area contributed by atoms with E-state index >= 15 is 0 Å². The Hall–Kier alpha value is -6.22. The zero-order chi connectivity index (χ0) is 43.9. The Labute approximate surface area is 367 Å². The summed E-state index contributed by atoms with van der Waals surface area (Å²) in [5.74, 6) is 1.77. The number of aromatic amines is 2. The number of aromatic nitrogens is 4. The third-order valence-corrected chi connectivity index (χ3v) is 13.6. The number of carbonyl (C=O) groups excluding carboxylic acids is 4. The molecule has 4 aliphatic heterocycles. The summed E-state index contributed by atoms with van der Waals surface area (Å²) in [4.78, 5) is 71.2. The Morgan fingerprint density at radius 3 is 1.83 bits per heavy atom. The normalized spacial score (nSPS) is 22.8. The molecule has 7 unspecified atom stereocenters. The number of methoxy groups -OCH3 is 2. The molecule has 4 aliphatic rings. The number of rotatable bonds is 9. The van der Waals surface area contributed by atoms with E-state index < -0.39 is 24.3 Å². The van der Waals surface area contributed by atoms with E-state index in [0.717, 1.165) is 96.4 Å². The molecule has 0 radical (unpaired) electrons. The number of piperidine rings is 3. The van der Waals surface area contributed by atoms with Gasteiger partial charge in [-0.15, -0.1) is 0 Å². The van der Waals surface area contributed by atoms with Crippen molar-refractivity contribution in [3.8, 4) is 33.5 Å². The maximum atomic E-state index is 13.5. The van der Waals surface area contributed by atoms with Crippen LogP contribution in [0.15, 0.2) is 60.8 Å². The number of likely N-dealkylation sites (tertiary alicyclic amines) is 2. The lowest BCUT2D eigenvalue weighted by atomic mass is 9.86. The van der Waals surface area contributed by atoms with E-state index in [0.29, 0.717) is 19.0 Å². The van der Waals surface area contributed by atoms with Gasteiger partial charge in [0.1, 0.15) is 23.7 Å². The van der Waals surface area contributed by atoms with Crippen LogP contribution in [-0.4, -0.2) is 93.1 Å². The highest BCUT2D eigenvalue weighted by Crippen LogP contribution is 2.52. The van der Waals surface area contributed by atoms with Crippen molar-refractivity contribution < 1.29 is 28.7 Å². The fourth-order valence-electron chi connectivity index (χ4n) is 10.5. The van der Waals surface area contributed by atoms with Crippen LogP contribution in [0.2, 0.25) is 0 Å². The van der Waals surface area contributed by atoms with Gasteiger partial charge >= 0.3 is 12.2 Å². The molecule has 3 saturated heterocycles. The van der Waals surface area contributed by atoms with Gasteiger partial charge in [-0.05, 0) is 122 Å². The molecule has 3 aromatic carbocycles. The second-order valence-corrected chi connectivity index (χ2v) is 17.8. The largest absolute Gasteiger partial charge is 0.453 e. The highest BCUT2D eigenvalue weighted by atomic mass is 16.5. The fourth-order valence-corrected chi connectivity index (χ4v) is 10.5. The molecule has 3 fully saturated rings. The van der Waals surface area contributed by atoms with Gasteiger partial charge in [0.15, 0.2) is 0 Å². The number of H-pyrrole nitrogens is 2. The zero-order valence-electron chi connectivity index (χ0n) is 36.6. The third-order valence-electron chi connectivity index (χ3n) is 13.6. The Morgan fingerprint density at radius 2 is 1.24 bits per heavy atom. The summed E-state index contributed by atoms with van der Waals surface area (Å²) in [6.45, 7) is 6.91. The van der Waals surface area contributed by atoms with Gasteiger partial charge in [-0.2, -0.15) is 0 Å². The van der Waals surface area contributed by atoms with Gasteiger partial charge in [0.2, 0.25) is 11.8 Å². The van der Waals surface area contributed by atoms with Crippen molar-refractivity contribution in [3.05, 3.63) is 83.6 Å². The lowest BCUT2D eigenvalue weighted by Gasteiger charge is -2.36. The molecule has 2 bridgehead atoms. The van der Waals surface area contributed by atoms with Crippen LogP contribution in [0.1, 0.15) is 119 Å². The average Bonchev–Trinajstić information content (AvgIpc) is 4.04.